The number of hydrogen-bond donors (Lipinski definition) is 1. The Labute approximate surface area is 217 Å². The molecule has 2 heterocycles. The van der Waals surface area contributed by atoms with Gasteiger partial charge < -0.3 is 14.6 Å². The van der Waals surface area contributed by atoms with Crippen molar-refractivity contribution >= 4 is 11.6 Å². The Balaban J connectivity index is 1.08. The van der Waals surface area contributed by atoms with Gasteiger partial charge in [-0.1, -0.05) is 65.8 Å². The number of amides is 1. The third-order valence-corrected chi connectivity index (χ3v) is 6.78. The molecule has 0 spiro atoms. The molecule has 1 aliphatic heterocycles. The van der Waals surface area contributed by atoms with Gasteiger partial charge in [0.25, 0.3) is 0 Å². The lowest BCUT2D eigenvalue weighted by molar-refractivity contribution is -0.121. The van der Waals surface area contributed by atoms with Gasteiger partial charge in [-0.2, -0.15) is 4.98 Å². The fourth-order valence-electron chi connectivity index (χ4n) is 4.64. The number of benzene rings is 3. The topological polar surface area (TPSA) is 80.5 Å². The van der Waals surface area contributed by atoms with Gasteiger partial charge in [-0.05, 0) is 56.1 Å². The first-order valence-corrected chi connectivity index (χ1v) is 12.8. The molecule has 190 valence electrons. The molecule has 1 saturated heterocycles. The predicted octanol–water partition coefficient (Wildman–Crippen LogP) is 5.52. The van der Waals surface area contributed by atoms with Crippen molar-refractivity contribution in [3.8, 4) is 17.1 Å². The van der Waals surface area contributed by atoms with Crippen molar-refractivity contribution in [3.63, 3.8) is 0 Å². The van der Waals surface area contributed by atoms with Crippen LogP contribution in [-0.2, 0) is 17.8 Å². The first-order chi connectivity index (χ1) is 18.1. The van der Waals surface area contributed by atoms with Crippen LogP contribution in [0.2, 0.25) is 0 Å². The first-order valence-electron chi connectivity index (χ1n) is 12.8. The number of carbonyl (C=O) groups is 1. The Bertz CT molecular complexity index is 1310. The molecule has 5 rings (SSSR count). The van der Waals surface area contributed by atoms with E-state index in [9.17, 15) is 4.79 Å². The number of carbonyl (C=O) groups excluding carboxylic acids is 1. The Morgan fingerprint density at radius 1 is 1.03 bits per heavy atom. The van der Waals surface area contributed by atoms with E-state index in [1.807, 2.05) is 73.7 Å². The number of hydrogen-bond acceptors (Lipinski definition) is 6. The third-order valence-electron chi connectivity index (χ3n) is 6.78. The molecule has 4 aromatic rings. The Hall–Kier alpha value is -3.97. The lowest BCUT2D eigenvalue weighted by Gasteiger charge is -2.30. The van der Waals surface area contributed by atoms with Crippen LogP contribution in [0.3, 0.4) is 0 Å². The molecule has 0 unspecified atom stereocenters. The van der Waals surface area contributed by atoms with E-state index >= 15 is 0 Å². The molecular weight excluding hydrogens is 464 g/mol. The van der Waals surface area contributed by atoms with Gasteiger partial charge in [0.2, 0.25) is 17.6 Å². The van der Waals surface area contributed by atoms with Gasteiger partial charge in [-0.3, -0.25) is 9.69 Å². The van der Waals surface area contributed by atoms with Gasteiger partial charge in [0, 0.05) is 29.7 Å². The summed E-state index contributed by atoms with van der Waals surface area (Å²) < 4.78 is 11.4. The van der Waals surface area contributed by atoms with Crippen LogP contribution in [-0.4, -0.2) is 40.6 Å². The van der Waals surface area contributed by atoms with Crippen molar-refractivity contribution in [2.45, 2.75) is 32.7 Å². The van der Waals surface area contributed by atoms with Crippen molar-refractivity contribution in [2.24, 2.45) is 5.92 Å². The average Bonchev–Trinajstić information content (AvgIpc) is 3.38. The van der Waals surface area contributed by atoms with Crippen molar-refractivity contribution in [2.75, 3.05) is 25.0 Å². The maximum absolute atomic E-state index is 12.9. The molecule has 0 saturated carbocycles. The lowest BCUT2D eigenvalue weighted by Crippen LogP contribution is -2.37. The minimum absolute atomic E-state index is 0.0240. The van der Waals surface area contributed by atoms with E-state index in [0.29, 0.717) is 24.9 Å². The molecule has 7 heteroatoms. The molecule has 1 fully saturated rings. The fraction of sp³-hybridized carbons (Fsp3) is 0.300. The number of ether oxygens (including phenoxy) is 1. The monoisotopic (exact) mass is 496 g/mol. The normalized spacial score (nSPS) is 14.4. The smallest absolute Gasteiger partial charge is 0.241 e. The predicted molar refractivity (Wildman–Crippen MR) is 143 cm³/mol. The van der Waals surface area contributed by atoms with Gasteiger partial charge in [0.15, 0.2) is 0 Å². The van der Waals surface area contributed by atoms with E-state index in [1.165, 1.54) is 5.56 Å². The zero-order valence-corrected chi connectivity index (χ0v) is 21.1. The van der Waals surface area contributed by atoms with E-state index in [4.69, 9.17) is 9.26 Å². The summed E-state index contributed by atoms with van der Waals surface area (Å²) in [6.07, 6.45) is 2.42. The molecule has 0 atom stereocenters. The van der Waals surface area contributed by atoms with Crippen LogP contribution in [0.1, 0.15) is 29.9 Å². The summed E-state index contributed by atoms with van der Waals surface area (Å²) >= 11 is 0. The molecule has 1 aliphatic rings. The number of nitrogens with one attached hydrogen (secondary N) is 1. The Morgan fingerprint density at radius 2 is 1.81 bits per heavy atom. The second-order valence-corrected chi connectivity index (χ2v) is 9.48. The molecule has 3 aromatic carbocycles. The van der Waals surface area contributed by atoms with Crippen LogP contribution >= 0.6 is 0 Å². The molecule has 7 nitrogen and oxygen atoms in total. The third kappa shape index (κ3) is 6.62. The number of piperidine rings is 1. The number of likely N-dealkylation sites (tertiary alicyclic amines) is 1. The lowest BCUT2D eigenvalue weighted by atomic mass is 9.96. The van der Waals surface area contributed by atoms with Crippen LogP contribution in [0.25, 0.3) is 11.4 Å². The summed E-state index contributed by atoms with van der Waals surface area (Å²) in [5.41, 5.74) is 4.10. The highest BCUT2D eigenvalue weighted by Gasteiger charge is 2.26. The van der Waals surface area contributed by atoms with Gasteiger partial charge in [0.1, 0.15) is 5.75 Å². The van der Waals surface area contributed by atoms with Crippen LogP contribution in [0.15, 0.2) is 83.4 Å². The molecule has 1 N–H and O–H groups in total. The van der Waals surface area contributed by atoms with Crippen molar-refractivity contribution in [3.05, 3.63) is 95.9 Å². The minimum Gasteiger partial charge on any atom is -0.493 e. The van der Waals surface area contributed by atoms with Gasteiger partial charge in [0.05, 0.1) is 13.2 Å². The Morgan fingerprint density at radius 3 is 2.62 bits per heavy atom. The Kier molecular flexibility index (Phi) is 7.91. The maximum atomic E-state index is 12.9. The van der Waals surface area contributed by atoms with Crippen LogP contribution in [0.5, 0.6) is 5.75 Å². The average molecular weight is 497 g/mol. The van der Waals surface area contributed by atoms with Gasteiger partial charge in [-0.15, -0.1) is 0 Å². The summed E-state index contributed by atoms with van der Waals surface area (Å²) in [5, 5.41) is 7.23. The minimum atomic E-state index is -0.0240. The summed E-state index contributed by atoms with van der Waals surface area (Å²) in [6.45, 7) is 4.84. The van der Waals surface area contributed by atoms with E-state index < -0.39 is 0 Å². The fourth-order valence-corrected chi connectivity index (χ4v) is 4.64. The molecule has 37 heavy (non-hydrogen) atoms. The molecule has 1 aromatic heterocycles. The molecule has 1 amide bonds. The van der Waals surface area contributed by atoms with Gasteiger partial charge in [-0.25, -0.2) is 0 Å². The second-order valence-electron chi connectivity index (χ2n) is 9.48. The van der Waals surface area contributed by atoms with Crippen LogP contribution in [0.4, 0.5) is 5.69 Å². The molecule has 0 radical (unpaired) electrons. The van der Waals surface area contributed by atoms with Crippen LogP contribution < -0.4 is 10.1 Å². The molecule has 0 aliphatic carbocycles. The number of aromatic nitrogens is 2. The zero-order valence-electron chi connectivity index (χ0n) is 21.1. The maximum Gasteiger partial charge on any atom is 0.241 e. The largest absolute Gasteiger partial charge is 0.493 e. The number of nitrogens with zero attached hydrogens (tertiary/aromatic N) is 3. The summed E-state index contributed by atoms with van der Waals surface area (Å²) in [6, 6.07) is 25.9. The van der Waals surface area contributed by atoms with E-state index in [0.717, 1.165) is 54.9 Å². The number of rotatable bonds is 9. The number of aryl methyl sites for hydroxylation is 1. The summed E-state index contributed by atoms with van der Waals surface area (Å²) in [4.78, 5) is 19.8. The summed E-state index contributed by atoms with van der Waals surface area (Å²) in [5.74, 6) is 2.01. The van der Waals surface area contributed by atoms with E-state index in [1.54, 1.807) is 0 Å². The zero-order chi connectivity index (χ0) is 25.5. The van der Waals surface area contributed by atoms with Crippen molar-refractivity contribution in [1.82, 2.24) is 15.0 Å². The van der Waals surface area contributed by atoms with E-state index in [2.05, 4.69) is 32.5 Å². The summed E-state index contributed by atoms with van der Waals surface area (Å²) in [7, 11) is 0. The highest BCUT2D eigenvalue weighted by atomic mass is 16.5. The van der Waals surface area contributed by atoms with E-state index in [-0.39, 0.29) is 11.8 Å². The number of anilines is 1. The second kappa shape index (κ2) is 11.8. The van der Waals surface area contributed by atoms with Crippen molar-refractivity contribution < 1.29 is 14.1 Å². The highest BCUT2D eigenvalue weighted by Crippen LogP contribution is 2.24. The molecule has 0 bridgehead atoms. The molecular formula is C30H32N4O3. The van der Waals surface area contributed by atoms with Crippen LogP contribution in [0, 0.1) is 12.8 Å². The SMILES string of the molecule is Cc1ccccc1-c1noc(CN2CCC(C(=O)Nc3cccc(OCCc4ccccc4)c3)CC2)n1. The van der Waals surface area contributed by atoms with Crippen molar-refractivity contribution in [1.29, 1.82) is 0 Å². The quantitative estimate of drug-likeness (QED) is 0.329. The first kappa shape index (κ1) is 24.7. The highest BCUT2D eigenvalue weighted by molar-refractivity contribution is 5.92. The standard InChI is InChI=1S/C30H32N4O3/c1-22-8-5-6-13-27(22)29-32-28(37-33-29)21-34-17-14-24(15-18-34)30(35)31-25-11-7-12-26(20-25)36-19-16-23-9-3-2-4-10-23/h2-13,20,24H,14-19,21H2,1H3,(H,31,35). The van der Waals surface area contributed by atoms with Gasteiger partial charge >= 0.3 is 0 Å².